The van der Waals surface area contributed by atoms with Crippen LogP contribution < -0.4 is 15.6 Å². The molecule has 1 amide bonds. The third-order valence-electron chi connectivity index (χ3n) is 6.16. The van der Waals surface area contributed by atoms with Gasteiger partial charge in [-0.2, -0.15) is 0 Å². The Morgan fingerprint density at radius 2 is 1.59 bits per heavy atom. The van der Waals surface area contributed by atoms with Gasteiger partial charge in [-0.3, -0.25) is 9.78 Å². The molecule has 0 saturated carbocycles. The molecular formula is C28H23N3O6. The van der Waals surface area contributed by atoms with Crippen molar-refractivity contribution in [3.63, 3.8) is 0 Å². The number of rotatable bonds is 8. The smallest absolute Gasteiger partial charge is 0.407 e. The van der Waals surface area contributed by atoms with Gasteiger partial charge in [-0.25, -0.2) is 14.6 Å². The first-order valence-corrected chi connectivity index (χ1v) is 11.6. The molecule has 1 heterocycles. The lowest BCUT2D eigenvalue weighted by Gasteiger charge is -2.17. The fourth-order valence-corrected chi connectivity index (χ4v) is 4.43. The van der Waals surface area contributed by atoms with E-state index in [1.54, 1.807) is 24.3 Å². The molecule has 0 radical (unpaired) electrons. The van der Waals surface area contributed by atoms with Crippen LogP contribution in [0.25, 0.3) is 11.1 Å². The van der Waals surface area contributed by atoms with Crippen LogP contribution in [0.2, 0.25) is 0 Å². The molecule has 9 nitrogen and oxygen atoms in total. The van der Waals surface area contributed by atoms with Gasteiger partial charge in [0.05, 0.1) is 0 Å². The molecule has 0 unspecified atom stereocenters. The predicted octanol–water partition coefficient (Wildman–Crippen LogP) is 4.10. The SMILES string of the molecule is O=C(N[C@@H](Cc1ccc(Oc2nccc(=O)[nH]2)cc1)C(=O)O)OCC1c2ccccc2-c2ccccc21. The summed E-state index contributed by atoms with van der Waals surface area (Å²) in [5.41, 5.74) is 4.68. The topological polar surface area (TPSA) is 131 Å². The summed E-state index contributed by atoms with van der Waals surface area (Å²) in [6, 6.07) is 22.7. The molecule has 1 atom stereocenters. The number of nitrogens with one attached hydrogen (secondary N) is 2. The Bertz CT molecular complexity index is 1450. The minimum Gasteiger partial charge on any atom is -0.480 e. The number of aromatic nitrogens is 2. The summed E-state index contributed by atoms with van der Waals surface area (Å²) < 4.78 is 11.0. The Morgan fingerprint density at radius 1 is 0.946 bits per heavy atom. The van der Waals surface area contributed by atoms with E-state index in [1.807, 2.05) is 48.5 Å². The Kier molecular flexibility index (Phi) is 6.67. The number of hydrogen-bond donors (Lipinski definition) is 3. The number of nitrogens with zero attached hydrogens (tertiary/aromatic N) is 1. The van der Waals surface area contributed by atoms with Crippen LogP contribution in [0.4, 0.5) is 4.79 Å². The van der Waals surface area contributed by atoms with Crippen molar-refractivity contribution in [1.82, 2.24) is 15.3 Å². The van der Waals surface area contributed by atoms with Crippen LogP contribution in [0.3, 0.4) is 0 Å². The van der Waals surface area contributed by atoms with Gasteiger partial charge >= 0.3 is 18.1 Å². The van der Waals surface area contributed by atoms with Crippen molar-refractivity contribution in [1.29, 1.82) is 0 Å². The van der Waals surface area contributed by atoms with Gasteiger partial charge in [0.25, 0.3) is 5.56 Å². The zero-order valence-electron chi connectivity index (χ0n) is 19.6. The van der Waals surface area contributed by atoms with Crippen LogP contribution in [0.1, 0.15) is 22.6 Å². The minimum atomic E-state index is -1.19. The zero-order valence-corrected chi connectivity index (χ0v) is 19.6. The van der Waals surface area contributed by atoms with Crippen LogP contribution in [-0.4, -0.2) is 39.8 Å². The molecule has 3 aromatic carbocycles. The van der Waals surface area contributed by atoms with Crippen LogP contribution >= 0.6 is 0 Å². The fourth-order valence-electron chi connectivity index (χ4n) is 4.43. The number of carbonyl (C=O) groups excluding carboxylic acids is 1. The third-order valence-corrected chi connectivity index (χ3v) is 6.16. The number of aromatic amines is 1. The van der Waals surface area contributed by atoms with E-state index in [0.29, 0.717) is 11.3 Å². The highest BCUT2D eigenvalue weighted by Gasteiger charge is 2.29. The molecule has 5 rings (SSSR count). The number of fused-ring (bicyclic) bond motifs is 3. The van der Waals surface area contributed by atoms with Crippen LogP contribution in [0.5, 0.6) is 11.8 Å². The van der Waals surface area contributed by atoms with Crippen LogP contribution in [0, 0.1) is 0 Å². The fraction of sp³-hybridized carbons (Fsp3) is 0.143. The third kappa shape index (κ3) is 5.35. The Morgan fingerprint density at radius 3 is 2.22 bits per heavy atom. The second kappa shape index (κ2) is 10.4. The van der Waals surface area contributed by atoms with E-state index < -0.39 is 18.1 Å². The van der Waals surface area contributed by atoms with Gasteiger partial charge in [0.15, 0.2) is 0 Å². The van der Waals surface area contributed by atoms with Crippen molar-refractivity contribution in [3.8, 4) is 22.9 Å². The van der Waals surface area contributed by atoms with Gasteiger partial charge in [0.1, 0.15) is 18.4 Å². The maximum absolute atomic E-state index is 12.6. The van der Waals surface area contributed by atoms with E-state index in [9.17, 15) is 19.5 Å². The van der Waals surface area contributed by atoms with E-state index in [-0.39, 0.29) is 30.5 Å². The van der Waals surface area contributed by atoms with Crippen LogP contribution in [0.15, 0.2) is 89.9 Å². The predicted molar refractivity (Wildman–Crippen MR) is 135 cm³/mol. The second-order valence-corrected chi connectivity index (χ2v) is 8.55. The molecule has 37 heavy (non-hydrogen) atoms. The van der Waals surface area contributed by atoms with Gasteiger partial charge in [0.2, 0.25) is 0 Å². The van der Waals surface area contributed by atoms with Crippen LogP contribution in [-0.2, 0) is 16.0 Å². The average molecular weight is 498 g/mol. The lowest BCUT2D eigenvalue weighted by atomic mass is 9.98. The molecule has 186 valence electrons. The van der Waals surface area contributed by atoms with E-state index in [2.05, 4.69) is 15.3 Å². The van der Waals surface area contributed by atoms with Crippen molar-refractivity contribution in [3.05, 3.63) is 112 Å². The molecule has 0 fully saturated rings. The number of carboxylic acid groups (broad SMARTS) is 1. The number of aliphatic carboxylic acids is 1. The molecule has 0 aliphatic heterocycles. The number of amides is 1. The molecule has 9 heteroatoms. The summed E-state index contributed by atoms with van der Waals surface area (Å²) in [6.45, 7) is 0.0911. The maximum Gasteiger partial charge on any atom is 0.407 e. The second-order valence-electron chi connectivity index (χ2n) is 8.55. The summed E-state index contributed by atoms with van der Waals surface area (Å²) in [4.78, 5) is 42.1. The van der Waals surface area contributed by atoms with E-state index >= 15 is 0 Å². The Hall–Kier alpha value is -4.92. The average Bonchev–Trinajstić information content (AvgIpc) is 3.22. The molecule has 3 N–H and O–H groups in total. The van der Waals surface area contributed by atoms with Gasteiger partial charge in [-0.1, -0.05) is 60.7 Å². The van der Waals surface area contributed by atoms with E-state index in [4.69, 9.17) is 9.47 Å². The molecule has 1 aliphatic rings. The van der Waals surface area contributed by atoms with Crippen molar-refractivity contribution in [2.24, 2.45) is 0 Å². The molecule has 0 spiro atoms. The largest absolute Gasteiger partial charge is 0.480 e. The van der Waals surface area contributed by atoms with Gasteiger partial charge in [-0.05, 0) is 39.9 Å². The summed E-state index contributed by atoms with van der Waals surface area (Å²) >= 11 is 0. The highest BCUT2D eigenvalue weighted by Crippen LogP contribution is 2.44. The highest BCUT2D eigenvalue weighted by atomic mass is 16.5. The number of ether oxygens (including phenoxy) is 2. The molecule has 0 bridgehead atoms. The summed E-state index contributed by atoms with van der Waals surface area (Å²) in [7, 11) is 0. The molecule has 1 aliphatic carbocycles. The summed E-state index contributed by atoms with van der Waals surface area (Å²) in [5.74, 6) is -0.891. The number of alkyl carbamates (subject to hydrolysis) is 1. The number of H-pyrrole nitrogens is 1. The van der Waals surface area contributed by atoms with Crippen molar-refractivity contribution in [2.45, 2.75) is 18.4 Å². The van der Waals surface area contributed by atoms with Crippen molar-refractivity contribution >= 4 is 12.1 Å². The first-order valence-electron chi connectivity index (χ1n) is 11.6. The molecule has 0 saturated heterocycles. The first-order chi connectivity index (χ1) is 18.0. The summed E-state index contributed by atoms with van der Waals surface area (Å²) in [5, 5.41) is 12.1. The van der Waals surface area contributed by atoms with Gasteiger partial charge < -0.3 is 19.9 Å². The zero-order chi connectivity index (χ0) is 25.8. The van der Waals surface area contributed by atoms with Gasteiger partial charge in [0, 0.05) is 24.6 Å². The maximum atomic E-state index is 12.6. The normalized spacial score (nSPS) is 12.8. The van der Waals surface area contributed by atoms with Crippen molar-refractivity contribution in [2.75, 3.05) is 6.61 Å². The van der Waals surface area contributed by atoms with Gasteiger partial charge in [-0.15, -0.1) is 0 Å². The highest BCUT2D eigenvalue weighted by molar-refractivity contribution is 5.81. The van der Waals surface area contributed by atoms with Crippen molar-refractivity contribution < 1.29 is 24.2 Å². The van der Waals surface area contributed by atoms with E-state index in [0.717, 1.165) is 22.3 Å². The minimum absolute atomic E-state index is 0.0419. The number of carbonyl (C=O) groups is 2. The Balaban J connectivity index is 1.20. The number of carboxylic acids is 1. The Labute approximate surface area is 211 Å². The standard InChI is InChI=1S/C28H23N3O6/c32-25-13-14-29-27(31-25)37-18-11-9-17(10-12-18)15-24(26(33)34)30-28(35)36-16-23-21-7-3-1-5-19(21)20-6-2-4-8-22(20)23/h1-14,23-24H,15-16H2,(H,30,35)(H,33,34)(H,29,31,32)/t24-/m0/s1. The van der Waals surface area contributed by atoms with E-state index in [1.165, 1.54) is 12.3 Å². The quantitative estimate of drug-likeness (QED) is 0.334. The monoisotopic (exact) mass is 497 g/mol. The number of hydrogen-bond acceptors (Lipinski definition) is 6. The molecule has 1 aromatic heterocycles. The molecular weight excluding hydrogens is 474 g/mol. The lowest BCUT2D eigenvalue weighted by molar-refractivity contribution is -0.139. The molecule has 4 aromatic rings. The summed E-state index contributed by atoms with van der Waals surface area (Å²) in [6.07, 6.45) is 0.572. The number of benzene rings is 3. The first kappa shape index (κ1) is 23.8. The lowest BCUT2D eigenvalue weighted by Crippen LogP contribution is -2.42.